The van der Waals surface area contributed by atoms with Crippen LogP contribution in [0.1, 0.15) is 25.8 Å². The lowest BCUT2D eigenvalue weighted by Gasteiger charge is -2.13. The number of anilines is 1. The average Bonchev–Trinajstić information content (AvgIpc) is 3.42. The Morgan fingerprint density at radius 2 is 2.15 bits per heavy atom. The van der Waals surface area contributed by atoms with E-state index in [2.05, 4.69) is 25.1 Å². The van der Waals surface area contributed by atoms with Gasteiger partial charge in [0.2, 0.25) is 5.91 Å². The molecular formula is C19H18ClN5OS. The van der Waals surface area contributed by atoms with Crippen molar-refractivity contribution in [3.8, 4) is 11.4 Å². The van der Waals surface area contributed by atoms with Crippen molar-refractivity contribution in [2.45, 2.75) is 36.2 Å². The minimum atomic E-state index is -0.326. The Balaban J connectivity index is 1.52. The van der Waals surface area contributed by atoms with Crippen LogP contribution >= 0.6 is 23.4 Å². The molecule has 1 aliphatic carbocycles. The van der Waals surface area contributed by atoms with E-state index in [0.717, 1.165) is 29.4 Å². The highest BCUT2D eigenvalue weighted by Crippen LogP contribution is 2.41. The monoisotopic (exact) mass is 399 g/mol. The minimum Gasteiger partial charge on any atom is -0.325 e. The van der Waals surface area contributed by atoms with Gasteiger partial charge < -0.3 is 5.32 Å². The molecule has 6 nitrogen and oxygen atoms in total. The summed E-state index contributed by atoms with van der Waals surface area (Å²) in [5, 5.41) is 12.6. The van der Waals surface area contributed by atoms with E-state index in [4.69, 9.17) is 11.6 Å². The van der Waals surface area contributed by atoms with Crippen molar-refractivity contribution >= 4 is 35.0 Å². The van der Waals surface area contributed by atoms with E-state index in [0.29, 0.717) is 16.8 Å². The Hall–Kier alpha value is -2.38. The van der Waals surface area contributed by atoms with Crippen molar-refractivity contribution < 1.29 is 4.79 Å². The maximum atomic E-state index is 12.6. The second kappa shape index (κ2) is 7.70. The van der Waals surface area contributed by atoms with Gasteiger partial charge in [-0.2, -0.15) is 0 Å². The Labute approximate surface area is 166 Å². The van der Waals surface area contributed by atoms with E-state index in [-0.39, 0.29) is 11.2 Å². The van der Waals surface area contributed by atoms with E-state index in [1.807, 2.05) is 25.1 Å². The van der Waals surface area contributed by atoms with E-state index in [9.17, 15) is 4.79 Å². The van der Waals surface area contributed by atoms with Crippen LogP contribution in [0, 0.1) is 0 Å². The number of benzene rings is 1. The first kappa shape index (κ1) is 18.0. The number of thioether (sulfide) groups is 1. The van der Waals surface area contributed by atoms with Gasteiger partial charge in [-0.3, -0.25) is 14.3 Å². The number of hydrogen-bond acceptors (Lipinski definition) is 5. The summed E-state index contributed by atoms with van der Waals surface area (Å²) in [5.74, 6) is 0.700. The van der Waals surface area contributed by atoms with Gasteiger partial charge >= 0.3 is 0 Å². The molecule has 1 aromatic carbocycles. The Kier molecular flexibility index (Phi) is 5.13. The first-order valence-corrected chi connectivity index (χ1v) is 9.96. The fraction of sp³-hybridized carbons (Fsp3) is 0.263. The lowest BCUT2D eigenvalue weighted by Crippen LogP contribution is -2.22. The zero-order chi connectivity index (χ0) is 18.8. The molecule has 138 valence electrons. The summed E-state index contributed by atoms with van der Waals surface area (Å²) in [6.07, 6.45) is 5.72. The predicted octanol–water partition coefficient (Wildman–Crippen LogP) is 4.45. The molecular weight excluding hydrogens is 382 g/mol. The minimum absolute atomic E-state index is 0.101. The van der Waals surface area contributed by atoms with Crippen LogP contribution in [0.2, 0.25) is 5.02 Å². The summed E-state index contributed by atoms with van der Waals surface area (Å²) in [4.78, 5) is 16.7. The molecule has 2 aromatic heterocycles. The smallest absolute Gasteiger partial charge is 0.237 e. The lowest BCUT2D eigenvalue weighted by atomic mass is 10.3. The molecule has 3 aromatic rings. The Morgan fingerprint density at radius 3 is 2.85 bits per heavy atom. The normalized spacial score (nSPS) is 14.7. The second-order valence-corrected chi connectivity index (χ2v) is 8.15. The van der Waals surface area contributed by atoms with Gasteiger partial charge in [-0.25, -0.2) is 0 Å². The highest BCUT2D eigenvalue weighted by atomic mass is 35.5. The highest BCUT2D eigenvalue weighted by Gasteiger charge is 2.31. The summed E-state index contributed by atoms with van der Waals surface area (Å²) in [5.41, 5.74) is 1.61. The number of amides is 1. The number of halogens is 1. The quantitative estimate of drug-likeness (QED) is 0.620. The van der Waals surface area contributed by atoms with Crippen LogP contribution in [0.4, 0.5) is 5.69 Å². The second-order valence-electron chi connectivity index (χ2n) is 6.41. The van der Waals surface area contributed by atoms with Crippen molar-refractivity contribution in [1.82, 2.24) is 19.7 Å². The molecule has 8 heteroatoms. The number of rotatable bonds is 6. The SMILES string of the molecule is C[C@@H](Sc1nnc(-c2cccnc2)n1C1CC1)C(=O)Nc1cccc(Cl)c1. The molecule has 0 radical (unpaired) electrons. The molecule has 1 saturated carbocycles. The number of nitrogens with zero attached hydrogens (tertiary/aromatic N) is 4. The lowest BCUT2D eigenvalue weighted by molar-refractivity contribution is -0.115. The number of carbonyl (C=O) groups is 1. The molecule has 1 atom stereocenters. The molecule has 2 heterocycles. The molecule has 4 rings (SSSR count). The fourth-order valence-corrected chi connectivity index (χ4v) is 3.84. The van der Waals surface area contributed by atoms with Crippen LogP contribution in [0.5, 0.6) is 0 Å². The molecule has 0 unspecified atom stereocenters. The van der Waals surface area contributed by atoms with Crippen molar-refractivity contribution in [1.29, 1.82) is 0 Å². The molecule has 1 N–H and O–H groups in total. The zero-order valence-electron chi connectivity index (χ0n) is 14.7. The van der Waals surface area contributed by atoms with Gasteiger partial charge in [0.1, 0.15) is 0 Å². The maximum absolute atomic E-state index is 12.6. The Morgan fingerprint density at radius 1 is 1.30 bits per heavy atom. The van der Waals surface area contributed by atoms with Gasteiger partial charge in [0.05, 0.1) is 5.25 Å². The summed E-state index contributed by atoms with van der Waals surface area (Å²) >= 11 is 7.39. The third-order valence-corrected chi connectivity index (χ3v) is 5.53. The van der Waals surface area contributed by atoms with Crippen molar-refractivity contribution in [3.05, 3.63) is 53.8 Å². The third-order valence-electron chi connectivity index (χ3n) is 4.24. The molecule has 0 saturated heterocycles. The molecule has 0 spiro atoms. The van der Waals surface area contributed by atoms with E-state index < -0.39 is 0 Å². The first-order chi connectivity index (χ1) is 13.1. The number of carbonyl (C=O) groups excluding carboxylic acids is 1. The predicted molar refractivity (Wildman–Crippen MR) is 107 cm³/mol. The standard InChI is InChI=1S/C19H18ClN5OS/c1-12(18(26)22-15-6-2-5-14(20)10-15)27-19-24-23-17(25(19)16-7-8-16)13-4-3-9-21-11-13/h2-6,9-12,16H,7-8H2,1H3,(H,22,26)/t12-/m1/s1. The largest absolute Gasteiger partial charge is 0.325 e. The van der Waals surface area contributed by atoms with Crippen LogP contribution in [0.15, 0.2) is 53.9 Å². The maximum Gasteiger partial charge on any atom is 0.237 e. The fourth-order valence-electron chi connectivity index (χ4n) is 2.73. The van der Waals surface area contributed by atoms with Gasteiger partial charge in [0.25, 0.3) is 0 Å². The van der Waals surface area contributed by atoms with Crippen LogP contribution in [-0.4, -0.2) is 30.9 Å². The summed E-state index contributed by atoms with van der Waals surface area (Å²) < 4.78 is 2.13. The average molecular weight is 400 g/mol. The van der Waals surface area contributed by atoms with Crippen LogP contribution in [0.25, 0.3) is 11.4 Å². The third kappa shape index (κ3) is 4.14. The highest BCUT2D eigenvalue weighted by molar-refractivity contribution is 8.00. The molecule has 1 aliphatic rings. The van der Waals surface area contributed by atoms with Gasteiger partial charge in [-0.15, -0.1) is 10.2 Å². The van der Waals surface area contributed by atoms with Gasteiger partial charge in [0.15, 0.2) is 11.0 Å². The topological polar surface area (TPSA) is 72.7 Å². The number of hydrogen-bond donors (Lipinski definition) is 1. The number of pyridine rings is 1. The van der Waals surface area contributed by atoms with Crippen LogP contribution in [-0.2, 0) is 4.79 Å². The molecule has 1 fully saturated rings. The van der Waals surface area contributed by atoms with Gasteiger partial charge in [0, 0.05) is 34.7 Å². The van der Waals surface area contributed by atoms with Gasteiger partial charge in [-0.05, 0) is 50.1 Å². The molecule has 27 heavy (non-hydrogen) atoms. The summed E-state index contributed by atoms with van der Waals surface area (Å²) in [7, 11) is 0. The number of nitrogens with one attached hydrogen (secondary N) is 1. The molecule has 0 aliphatic heterocycles. The zero-order valence-corrected chi connectivity index (χ0v) is 16.2. The number of aromatic nitrogens is 4. The van der Waals surface area contributed by atoms with Crippen molar-refractivity contribution in [2.75, 3.05) is 5.32 Å². The Bertz CT molecular complexity index is 958. The van der Waals surface area contributed by atoms with Crippen molar-refractivity contribution in [3.63, 3.8) is 0 Å². The van der Waals surface area contributed by atoms with E-state index in [1.54, 1.807) is 30.6 Å². The summed E-state index contributed by atoms with van der Waals surface area (Å²) in [6, 6.07) is 11.4. The van der Waals surface area contributed by atoms with Crippen LogP contribution in [0.3, 0.4) is 0 Å². The van der Waals surface area contributed by atoms with E-state index in [1.165, 1.54) is 11.8 Å². The van der Waals surface area contributed by atoms with E-state index >= 15 is 0 Å². The molecule has 1 amide bonds. The van der Waals surface area contributed by atoms with Crippen molar-refractivity contribution in [2.24, 2.45) is 0 Å². The van der Waals surface area contributed by atoms with Crippen LogP contribution < -0.4 is 5.32 Å². The summed E-state index contributed by atoms with van der Waals surface area (Å²) in [6.45, 7) is 1.86. The first-order valence-electron chi connectivity index (χ1n) is 8.70. The molecule has 0 bridgehead atoms. The van der Waals surface area contributed by atoms with Gasteiger partial charge in [-0.1, -0.05) is 29.4 Å².